The minimum absolute atomic E-state index is 0.00237. The Hall–Kier alpha value is -2.42. The lowest BCUT2D eigenvalue weighted by atomic mass is 10.1. The smallest absolute Gasteiger partial charge is 0.243 e. The van der Waals surface area contributed by atoms with Gasteiger partial charge in [0, 0.05) is 19.7 Å². The largest absolute Gasteiger partial charge is 0.496 e. The summed E-state index contributed by atoms with van der Waals surface area (Å²) in [4.78, 5) is 12.7. The second-order valence-electron chi connectivity index (χ2n) is 7.64. The van der Waals surface area contributed by atoms with Crippen molar-refractivity contribution in [3.63, 3.8) is 0 Å². The maximum Gasteiger partial charge on any atom is 0.243 e. The Labute approximate surface area is 184 Å². The standard InChI is InChI=1S/C23H30N2O5S/c1-18-15-21(10-11-22(18)29-2)31(27,28)25(13-12-19-7-4-3-5-8-19)17-23(26)24-16-20-9-6-14-30-20/h3-5,7-8,10-11,15,20H,6,9,12-14,16-17H2,1-2H3,(H,24,26)/t20-/m1/s1. The van der Waals surface area contributed by atoms with Crippen LogP contribution in [-0.2, 0) is 26.0 Å². The second kappa shape index (κ2) is 10.7. The average molecular weight is 447 g/mol. The number of hydrogen-bond acceptors (Lipinski definition) is 5. The van der Waals surface area contributed by atoms with E-state index in [4.69, 9.17) is 9.47 Å². The van der Waals surface area contributed by atoms with E-state index in [-0.39, 0.29) is 30.0 Å². The number of amides is 1. The fourth-order valence-corrected chi connectivity index (χ4v) is 5.07. The summed E-state index contributed by atoms with van der Waals surface area (Å²) in [6.07, 6.45) is 2.40. The Bertz CT molecular complexity index is 973. The summed E-state index contributed by atoms with van der Waals surface area (Å²) < 4.78 is 38.8. The molecule has 2 aromatic carbocycles. The van der Waals surface area contributed by atoms with Crippen LogP contribution < -0.4 is 10.1 Å². The lowest BCUT2D eigenvalue weighted by Crippen LogP contribution is -2.43. The SMILES string of the molecule is COc1ccc(S(=O)(=O)N(CCc2ccccc2)CC(=O)NC[C@H]2CCCO2)cc1C. The van der Waals surface area contributed by atoms with Gasteiger partial charge in [0.1, 0.15) is 5.75 Å². The molecule has 3 rings (SSSR count). The zero-order valence-corrected chi connectivity index (χ0v) is 18.9. The molecule has 0 aliphatic carbocycles. The molecule has 0 saturated carbocycles. The summed E-state index contributed by atoms with van der Waals surface area (Å²) in [6.45, 7) is 2.85. The predicted octanol–water partition coefficient (Wildman–Crippen LogP) is 2.53. The number of benzene rings is 2. The Morgan fingerprint density at radius 1 is 1.23 bits per heavy atom. The molecule has 0 unspecified atom stereocenters. The van der Waals surface area contributed by atoms with Gasteiger partial charge in [-0.3, -0.25) is 4.79 Å². The van der Waals surface area contributed by atoms with E-state index in [2.05, 4.69) is 5.32 Å². The first kappa shape index (κ1) is 23.2. The number of hydrogen-bond donors (Lipinski definition) is 1. The molecule has 1 saturated heterocycles. The Morgan fingerprint density at radius 3 is 2.65 bits per heavy atom. The van der Waals surface area contributed by atoms with Gasteiger partial charge < -0.3 is 14.8 Å². The van der Waals surface area contributed by atoms with Gasteiger partial charge in [-0.15, -0.1) is 0 Å². The fourth-order valence-electron chi connectivity index (χ4n) is 3.59. The molecule has 31 heavy (non-hydrogen) atoms. The second-order valence-corrected chi connectivity index (χ2v) is 9.58. The molecule has 1 fully saturated rings. The highest BCUT2D eigenvalue weighted by Crippen LogP contribution is 2.24. The van der Waals surface area contributed by atoms with E-state index in [1.54, 1.807) is 26.2 Å². The van der Waals surface area contributed by atoms with Crippen LogP contribution in [0.1, 0.15) is 24.0 Å². The van der Waals surface area contributed by atoms with E-state index in [1.807, 2.05) is 30.3 Å². The van der Waals surface area contributed by atoms with Crippen molar-refractivity contribution in [1.82, 2.24) is 9.62 Å². The molecule has 8 heteroatoms. The van der Waals surface area contributed by atoms with Crippen molar-refractivity contribution in [3.05, 3.63) is 59.7 Å². The molecule has 168 valence electrons. The topological polar surface area (TPSA) is 84.9 Å². The van der Waals surface area contributed by atoms with Gasteiger partial charge in [0.15, 0.2) is 0 Å². The molecular weight excluding hydrogens is 416 g/mol. The zero-order valence-electron chi connectivity index (χ0n) is 18.0. The summed E-state index contributed by atoms with van der Waals surface area (Å²) in [5.74, 6) is 0.279. The third-order valence-corrected chi connectivity index (χ3v) is 7.21. The van der Waals surface area contributed by atoms with Crippen molar-refractivity contribution in [2.45, 2.75) is 37.2 Å². The van der Waals surface area contributed by atoms with Gasteiger partial charge >= 0.3 is 0 Å². The highest BCUT2D eigenvalue weighted by molar-refractivity contribution is 7.89. The van der Waals surface area contributed by atoms with Crippen molar-refractivity contribution in [1.29, 1.82) is 0 Å². The molecule has 1 heterocycles. The van der Waals surface area contributed by atoms with Crippen LogP contribution in [0.3, 0.4) is 0 Å². The maximum absolute atomic E-state index is 13.4. The number of sulfonamides is 1. The van der Waals surface area contributed by atoms with E-state index in [0.717, 1.165) is 24.0 Å². The van der Waals surface area contributed by atoms with Crippen LogP contribution in [0, 0.1) is 6.92 Å². The number of aryl methyl sites for hydroxylation is 1. The molecule has 0 bridgehead atoms. The van der Waals surface area contributed by atoms with Crippen molar-refractivity contribution >= 4 is 15.9 Å². The van der Waals surface area contributed by atoms with Crippen LogP contribution in [0.2, 0.25) is 0 Å². The first-order chi connectivity index (χ1) is 14.9. The molecule has 1 aliphatic rings. The fraction of sp³-hybridized carbons (Fsp3) is 0.435. The molecule has 1 aliphatic heterocycles. The van der Waals surface area contributed by atoms with Crippen LogP contribution in [-0.4, -0.2) is 58.1 Å². The van der Waals surface area contributed by atoms with Crippen LogP contribution in [0.15, 0.2) is 53.4 Å². The number of nitrogens with zero attached hydrogens (tertiary/aromatic N) is 1. The molecule has 2 aromatic rings. The number of carbonyl (C=O) groups is 1. The monoisotopic (exact) mass is 446 g/mol. The van der Waals surface area contributed by atoms with Crippen molar-refractivity contribution < 1.29 is 22.7 Å². The lowest BCUT2D eigenvalue weighted by molar-refractivity contribution is -0.121. The van der Waals surface area contributed by atoms with Crippen LogP contribution >= 0.6 is 0 Å². The van der Waals surface area contributed by atoms with Gasteiger partial charge in [0.05, 0.1) is 24.7 Å². The maximum atomic E-state index is 13.4. The van der Waals surface area contributed by atoms with Crippen LogP contribution in [0.5, 0.6) is 5.75 Å². The average Bonchev–Trinajstić information content (AvgIpc) is 3.29. The minimum atomic E-state index is -3.87. The number of methoxy groups -OCH3 is 1. The molecule has 1 N–H and O–H groups in total. The molecule has 0 spiro atoms. The van der Waals surface area contributed by atoms with Crippen molar-refractivity contribution in [3.8, 4) is 5.75 Å². The summed E-state index contributed by atoms with van der Waals surface area (Å²) in [5.41, 5.74) is 1.72. The van der Waals surface area contributed by atoms with Gasteiger partial charge in [-0.1, -0.05) is 30.3 Å². The summed E-state index contributed by atoms with van der Waals surface area (Å²) in [5, 5.41) is 2.82. The molecule has 0 aromatic heterocycles. The Balaban J connectivity index is 1.76. The van der Waals surface area contributed by atoms with Gasteiger partial charge in [-0.25, -0.2) is 8.42 Å². The number of rotatable bonds is 10. The molecule has 0 radical (unpaired) electrons. The van der Waals surface area contributed by atoms with E-state index in [9.17, 15) is 13.2 Å². The molecule has 7 nitrogen and oxygen atoms in total. The van der Waals surface area contributed by atoms with E-state index in [0.29, 0.717) is 25.3 Å². The van der Waals surface area contributed by atoms with Gasteiger partial charge in [0.2, 0.25) is 15.9 Å². The van der Waals surface area contributed by atoms with Crippen LogP contribution in [0.4, 0.5) is 0 Å². The molecule has 1 atom stereocenters. The van der Waals surface area contributed by atoms with Crippen molar-refractivity contribution in [2.75, 3.05) is 33.4 Å². The van der Waals surface area contributed by atoms with E-state index in [1.165, 1.54) is 10.4 Å². The normalized spacial score (nSPS) is 16.4. The first-order valence-corrected chi connectivity index (χ1v) is 11.9. The lowest BCUT2D eigenvalue weighted by Gasteiger charge is -2.23. The number of nitrogens with one attached hydrogen (secondary N) is 1. The van der Waals surface area contributed by atoms with Crippen molar-refractivity contribution in [2.24, 2.45) is 0 Å². The van der Waals surface area contributed by atoms with Gasteiger partial charge in [0.25, 0.3) is 0 Å². The van der Waals surface area contributed by atoms with Gasteiger partial charge in [-0.2, -0.15) is 4.31 Å². The summed E-state index contributed by atoms with van der Waals surface area (Å²) >= 11 is 0. The first-order valence-electron chi connectivity index (χ1n) is 10.5. The van der Waals surface area contributed by atoms with E-state index >= 15 is 0 Å². The zero-order chi connectivity index (χ0) is 22.3. The summed E-state index contributed by atoms with van der Waals surface area (Å²) in [7, 11) is -2.32. The summed E-state index contributed by atoms with van der Waals surface area (Å²) in [6, 6.07) is 14.4. The third-order valence-electron chi connectivity index (χ3n) is 5.37. The predicted molar refractivity (Wildman–Crippen MR) is 119 cm³/mol. The number of ether oxygens (including phenoxy) is 2. The molecule has 1 amide bonds. The highest BCUT2D eigenvalue weighted by Gasteiger charge is 2.27. The highest BCUT2D eigenvalue weighted by atomic mass is 32.2. The minimum Gasteiger partial charge on any atom is -0.496 e. The quantitative estimate of drug-likeness (QED) is 0.606. The van der Waals surface area contributed by atoms with Crippen LogP contribution in [0.25, 0.3) is 0 Å². The Morgan fingerprint density at radius 2 is 2.00 bits per heavy atom. The third kappa shape index (κ3) is 6.29. The van der Waals surface area contributed by atoms with Gasteiger partial charge in [-0.05, 0) is 55.5 Å². The number of carbonyl (C=O) groups excluding carboxylic acids is 1. The molecular formula is C23H30N2O5S. The van der Waals surface area contributed by atoms with E-state index < -0.39 is 10.0 Å². The Kier molecular flexibility index (Phi) is 8.06.